The molecule has 1 N–H and O–H groups in total. The molecule has 0 aliphatic heterocycles. The standard InChI is InChI=1S/C15H30O3/c1-12(2)15(8-6-14(4)17)7-5-13(3)11-18-10-9-16/h12-13,15-16H,5-11H2,1-4H3. The highest BCUT2D eigenvalue weighted by Crippen LogP contribution is 2.24. The molecule has 0 aliphatic carbocycles. The smallest absolute Gasteiger partial charge is 0.129 e. The summed E-state index contributed by atoms with van der Waals surface area (Å²) in [6, 6.07) is 0. The second kappa shape index (κ2) is 10.5. The lowest BCUT2D eigenvalue weighted by atomic mass is 9.85. The fraction of sp³-hybridized carbons (Fsp3) is 0.933. The number of hydrogen-bond donors (Lipinski definition) is 1. The van der Waals surface area contributed by atoms with Gasteiger partial charge in [0.05, 0.1) is 13.2 Å². The highest BCUT2D eigenvalue weighted by Gasteiger charge is 2.15. The largest absolute Gasteiger partial charge is 0.394 e. The molecule has 0 spiro atoms. The monoisotopic (exact) mass is 258 g/mol. The zero-order chi connectivity index (χ0) is 14.0. The summed E-state index contributed by atoms with van der Waals surface area (Å²) >= 11 is 0. The molecule has 3 heteroatoms. The summed E-state index contributed by atoms with van der Waals surface area (Å²) in [5, 5.41) is 8.64. The number of ketones is 1. The van der Waals surface area contributed by atoms with E-state index in [-0.39, 0.29) is 6.61 Å². The van der Waals surface area contributed by atoms with Crippen molar-refractivity contribution < 1.29 is 14.6 Å². The number of aliphatic hydroxyl groups is 1. The first-order chi connectivity index (χ1) is 8.47. The van der Waals surface area contributed by atoms with Gasteiger partial charge in [-0.1, -0.05) is 20.8 Å². The predicted molar refractivity (Wildman–Crippen MR) is 74.5 cm³/mol. The molecule has 2 atom stereocenters. The second-order valence-corrected chi connectivity index (χ2v) is 5.73. The topological polar surface area (TPSA) is 46.5 Å². The van der Waals surface area contributed by atoms with Crippen LogP contribution < -0.4 is 0 Å². The van der Waals surface area contributed by atoms with Crippen molar-refractivity contribution in [1.29, 1.82) is 0 Å². The van der Waals surface area contributed by atoms with Gasteiger partial charge < -0.3 is 14.6 Å². The summed E-state index contributed by atoms with van der Waals surface area (Å²) in [6.45, 7) is 9.57. The molecule has 0 aromatic rings. The molecule has 2 unspecified atom stereocenters. The number of hydrogen-bond acceptors (Lipinski definition) is 3. The van der Waals surface area contributed by atoms with Gasteiger partial charge in [0.2, 0.25) is 0 Å². The van der Waals surface area contributed by atoms with E-state index in [0.29, 0.717) is 36.6 Å². The maximum atomic E-state index is 11.0. The Hall–Kier alpha value is -0.410. The number of carbonyl (C=O) groups excluding carboxylic acids is 1. The third kappa shape index (κ3) is 9.60. The van der Waals surface area contributed by atoms with E-state index in [0.717, 1.165) is 25.9 Å². The van der Waals surface area contributed by atoms with Gasteiger partial charge in [-0.15, -0.1) is 0 Å². The lowest BCUT2D eigenvalue weighted by Gasteiger charge is -2.22. The van der Waals surface area contributed by atoms with Gasteiger partial charge in [0.15, 0.2) is 0 Å². The van der Waals surface area contributed by atoms with Gasteiger partial charge >= 0.3 is 0 Å². The Labute approximate surface area is 112 Å². The van der Waals surface area contributed by atoms with Crippen molar-refractivity contribution in [3.63, 3.8) is 0 Å². The molecular formula is C15H30O3. The molecule has 0 radical (unpaired) electrons. The second-order valence-electron chi connectivity index (χ2n) is 5.73. The van der Waals surface area contributed by atoms with Crippen LogP contribution in [0.2, 0.25) is 0 Å². The van der Waals surface area contributed by atoms with Gasteiger partial charge in [-0.3, -0.25) is 0 Å². The van der Waals surface area contributed by atoms with Crippen LogP contribution in [0.1, 0.15) is 53.4 Å². The molecule has 0 saturated heterocycles. The van der Waals surface area contributed by atoms with Crippen LogP contribution in [0, 0.1) is 17.8 Å². The molecule has 0 rings (SSSR count). The van der Waals surface area contributed by atoms with E-state index in [2.05, 4.69) is 20.8 Å². The Morgan fingerprint density at radius 3 is 2.33 bits per heavy atom. The van der Waals surface area contributed by atoms with E-state index in [1.165, 1.54) is 0 Å². The van der Waals surface area contributed by atoms with E-state index in [4.69, 9.17) is 9.84 Å². The molecule has 0 amide bonds. The minimum absolute atomic E-state index is 0.0972. The quantitative estimate of drug-likeness (QED) is 0.579. The van der Waals surface area contributed by atoms with Crippen molar-refractivity contribution in [2.75, 3.05) is 19.8 Å². The Bertz CT molecular complexity index is 214. The van der Waals surface area contributed by atoms with Gasteiger partial charge in [-0.25, -0.2) is 0 Å². The molecule has 18 heavy (non-hydrogen) atoms. The van der Waals surface area contributed by atoms with Gasteiger partial charge in [-0.05, 0) is 43.9 Å². The lowest BCUT2D eigenvalue weighted by Crippen LogP contribution is -2.14. The lowest BCUT2D eigenvalue weighted by molar-refractivity contribution is -0.117. The zero-order valence-electron chi connectivity index (χ0n) is 12.4. The van der Waals surface area contributed by atoms with Crippen molar-refractivity contribution in [1.82, 2.24) is 0 Å². The predicted octanol–water partition coefficient (Wildman–Crippen LogP) is 3.05. The Morgan fingerprint density at radius 2 is 1.83 bits per heavy atom. The van der Waals surface area contributed by atoms with E-state index in [1.54, 1.807) is 6.92 Å². The number of aliphatic hydroxyl groups excluding tert-OH is 1. The third-order valence-electron chi connectivity index (χ3n) is 3.48. The third-order valence-corrected chi connectivity index (χ3v) is 3.48. The van der Waals surface area contributed by atoms with Crippen LogP contribution in [0.4, 0.5) is 0 Å². The molecule has 0 heterocycles. The van der Waals surface area contributed by atoms with Crippen molar-refractivity contribution >= 4 is 5.78 Å². The Kier molecular flexibility index (Phi) is 10.3. The normalized spacial score (nSPS) is 14.8. The van der Waals surface area contributed by atoms with E-state index >= 15 is 0 Å². The minimum Gasteiger partial charge on any atom is -0.394 e. The van der Waals surface area contributed by atoms with Crippen LogP contribution in [-0.4, -0.2) is 30.7 Å². The molecular weight excluding hydrogens is 228 g/mol. The summed E-state index contributed by atoms with van der Waals surface area (Å²) in [4.78, 5) is 11.0. The van der Waals surface area contributed by atoms with Gasteiger partial charge in [0.25, 0.3) is 0 Å². The zero-order valence-corrected chi connectivity index (χ0v) is 12.4. The number of carbonyl (C=O) groups is 1. The first-order valence-electron chi connectivity index (χ1n) is 7.15. The molecule has 0 saturated carbocycles. The highest BCUT2D eigenvalue weighted by molar-refractivity contribution is 5.75. The summed E-state index contributed by atoms with van der Waals surface area (Å²) in [5.41, 5.74) is 0. The van der Waals surface area contributed by atoms with Crippen molar-refractivity contribution in [2.45, 2.75) is 53.4 Å². The van der Waals surface area contributed by atoms with E-state index in [9.17, 15) is 4.79 Å². The molecule has 108 valence electrons. The summed E-state index contributed by atoms with van der Waals surface area (Å²) in [7, 11) is 0. The maximum absolute atomic E-state index is 11.0. The average molecular weight is 258 g/mol. The van der Waals surface area contributed by atoms with Crippen LogP contribution in [0.25, 0.3) is 0 Å². The summed E-state index contributed by atoms with van der Waals surface area (Å²) in [6.07, 6.45) is 4.01. The number of Topliss-reactive ketones (excluding diaryl/α,β-unsaturated/α-hetero) is 1. The fourth-order valence-electron chi connectivity index (χ4n) is 2.13. The number of ether oxygens (including phenoxy) is 1. The molecule has 0 bridgehead atoms. The van der Waals surface area contributed by atoms with Crippen LogP contribution in [0.5, 0.6) is 0 Å². The van der Waals surface area contributed by atoms with Gasteiger partial charge in [-0.2, -0.15) is 0 Å². The number of rotatable bonds is 11. The maximum Gasteiger partial charge on any atom is 0.129 e. The molecule has 0 fully saturated rings. The summed E-state index contributed by atoms with van der Waals surface area (Å²) < 4.78 is 5.33. The van der Waals surface area contributed by atoms with Crippen LogP contribution >= 0.6 is 0 Å². The highest BCUT2D eigenvalue weighted by atomic mass is 16.5. The van der Waals surface area contributed by atoms with E-state index in [1.807, 2.05) is 0 Å². The van der Waals surface area contributed by atoms with Crippen molar-refractivity contribution in [2.24, 2.45) is 17.8 Å². The molecule has 0 aromatic carbocycles. The van der Waals surface area contributed by atoms with Crippen molar-refractivity contribution in [3.05, 3.63) is 0 Å². The minimum atomic E-state index is 0.0972. The Balaban J connectivity index is 3.84. The molecule has 3 nitrogen and oxygen atoms in total. The van der Waals surface area contributed by atoms with Crippen LogP contribution in [-0.2, 0) is 9.53 Å². The van der Waals surface area contributed by atoms with Crippen LogP contribution in [0.3, 0.4) is 0 Å². The first kappa shape index (κ1) is 17.6. The van der Waals surface area contributed by atoms with E-state index < -0.39 is 0 Å². The van der Waals surface area contributed by atoms with Crippen LogP contribution in [0.15, 0.2) is 0 Å². The first-order valence-corrected chi connectivity index (χ1v) is 7.15. The van der Waals surface area contributed by atoms with Gasteiger partial charge in [0, 0.05) is 13.0 Å². The average Bonchev–Trinajstić information content (AvgIpc) is 2.28. The summed E-state index contributed by atoms with van der Waals surface area (Å²) in [5.74, 6) is 2.08. The SMILES string of the molecule is CC(=O)CCC(CCC(C)COCCO)C(C)C. The van der Waals surface area contributed by atoms with Crippen molar-refractivity contribution in [3.8, 4) is 0 Å². The Morgan fingerprint density at radius 1 is 1.17 bits per heavy atom. The molecule has 0 aliphatic rings. The fourth-order valence-corrected chi connectivity index (χ4v) is 2.13. The van der Waals surface area contributed by atoms with Gasteiger partial charge in [0.1, 0.15) is 5.78 Å². The molecule has 0 aromatic heterocycles.